The summed E-state index contributed by atoms with van der Waals surface area (Å²) in [6, 6.07) is -1.74. The largest absolute Gasteiger partial charge is 0.480 e. The number of carboxylic acids is 1. The summed E-state index contributed by atoms with van der Waals surface area (Å²) in [7, 11) is 0. The Bertz CT molecular complexity index is 231. The summed E-state index contributed by atoms with van der Waals surface area (Å²) in [5.41, 5.74) is 12.8. The number of hydroxylamine groups is 1. The van der Waals surface area contributed by atoms with Gasteiger partial charge in [-0.3, -0.25) is 4.79 Å². The van der Waals surface area contributed by atoms with E-state index in [1.165, 1.54) is 6.92 Å². The van der Waals surface area contributed by atoms with E-state index in [1.807, 2.05) is 0 Å². The van der Waals surface area contributed by atoms with Crippen LogP contribution in [0.15, 0.2) is 0 Å². The van der Waals surface area contributed by atoms with E-state index in [1.54, 1.807) is 0 Å². The SMILES string of the molecule is C[C@H](NOC(=O)[C@@H](N)CCCN)C(=O)O.Cl.Cl. The molecule has 9 heteroatoms. The summed E-state index contributed by atoms with van der Waals surface area (Å²) in [4.78, 5) is 26.0. The number of carbonyl (C=O) groups excluding carboxylic acids is 1. The molecule has 0 saturated carbocycles. The zero-order valence-corrected chi connectivity index (χ0v) is 11.1. The van der Waals surface area contributed by atoms with Gasteiger partial charge in [0, 0.05) is 0 Å². The van der Waals surface area contributed by atoms with Crippen molar-refractivity contribution >= 4 is 36.8 Å². The van der Waals surface area contributed by atoms with Crippen LogP contribution in [0, 0.1) is 0 Å². The fraction of sp³-hybridized carbons (Fsp3) is 0.750. The van der Waals surface area contributed by atoms with Crippen LogP contribution in [0.4, 0.5) is 0 Å². The van der Waals surface area contributed by atoms with Gasteiger partial charge in [-0.2, -0.15) is 0 Å². The van der Waals surface area contributed by atoms with E-state index in [0.717, 1.165) is 0 Å². The minimum atomic E-state index is -1.11. The second-order valence-electron chi connectivity index (χ2n) is 3.14. The molecule has 0 amide bonds. The first kappa shape index (κ1) is 21.7. The zero-order valence-electron chi connectivity index (χ0n) is 9.42. The minimum Gasteiger partial charge on any atom is -0.480 e. The Kier molecular flexibility index (Phi) is 15.1. The monoisotopic (exact) mass is 291 g/mol. The molecule has 0 aliphatic carbocycles. The predicted molar refractivity (Wildman–Crippen MR) is 67.1 cm³/mol. The smallest absolute Gasteiger partial charge is 0.341 e. The van der Waals surface area contributed by atoms with E-state index in [4.69, 9.17) is 16.6 Å². The molecule has 0 aromatic rings. The van der Waals surface area contributed by atoms with Crippen molar-refractivity contribution in [1.29, 1.82) is 0 Å². The lowest BCUT2D eigenvalue weighted by atomic mass is 10.2. The molecular formula is C8H19Cl2N3O4. The normalized spacial score (nSPS) is 12.6. The summed E-state index contributed by atoms with van der Waals surface area (Å²) < 4.78 is 0. The topological polar surface area (TPSA) is 128 Å². The molecule has 0 heterocycles. The molecule has 6 N–H and O–H groups in total. The van der Waals surface area contributed by atoms with Crippen molar-refractivity contribution in [2.24, 2.45) is 11.5 Å². The molecule has 0 radical (unpaired) electrons. The van der Waals surface area contributed by atoms with Crippen molar-refractivity contribution in [2.75, 3.05) is 6.54 Å². The van der Waals surface area contributed by atoms with Gasteiger partial charge in [-0.1, -0.05) is 0 Å². The maximum absolute atomic E-state index is 11.1. The van der Waals surface area contributed by atoms with Crippen LogP contribution in [0.25, 0.3) is 0 Å². The molecular weight excluding hydrogens is 273 g/mol. The van der Waals surface area contributed by atoms with Crippen molar-refractivity contribution in [3.8, 4) is 0 Å². The van der Waals surface area contributed by atoms with Gasteiger partial charge in [0.2, 0.25) is 0 Å². The average molecular weight is 292 g/mol. The van der Waals surface area contributed by atoms with E-state index >= 15 is 0 Å². The molecule has 0 aromatic heterocycles. The van der Waals surface area contributed by atoms with Gasteiger partial charge in [-0.15, -0.1) is 30.3 Å². The lowest BCUT2D eigenvalue weighted by molar-refractivity contribution is -0.158. The standard InChI is InChI=1S/C8H17N3O4.2ClH/c1-5(7(12)13)11-15-8(14)6(10)3-2-4-9;;/h5-6,11H,2-4,9-10H2,1H3,(H,12,13);2*1H/t5-,6-;;/m0../s1. The Hall–Kier alpha value is -0.600. The molecule has 7 nitrogen and oxygen atoms in total. The molecule has 17 heavy (non-hydrogen) atoms. The molecule has 0 fully saturated rings. The van der Waals surface area contributed by atoms with Crippen LogP contribution in [-0.2, 0) is 14.4 Å². The summed E-state index contributed by atoms with van der Waals surface area (Å²) in [5, 5.41) is 8.47. The van der Waals surface area contributed by atoms with Crippen LogP contribution in [-0.4, -0.2) is 35.7 Å². The molecule has 2 atom stereocenters. The van der Waals surface area contributed by atoms with E-state index in [0.29, 0.717) is 19.4 Å². The maximum atomic E-state index is 11.1. The number of aliphatic carboxylic acids is 1. The third-order valence-corrected chi connectivity index (χ3v) is 1.73. The molecule has 0 unspecified atom stereocenters. The van der Waals surface area contributed by atoms with Gasteiger partial charge in [-0.25, -0.2) is 4.79 Å². The third kappa shape index (κ3) is 10.3. The second-order valence-corrected chi connectivity index (χ2v) is 3.14. The van der Waals surface area contributed by atoms with Crippen LogP contribution < -0.4 is 16.9 Å². The van der Waals surface area contributed by atoms with E-state index in [-0.39, 0.29) is 24.8 Å². The number of carbonyl (C=O) groups is 2. The maximum Gasteiger partial charge on any atom is 0.341 e. The first-order valence-corrected chi connectivity index (χ1v) is 4.63. The molecule has 0 aromatic carbocycles. The number of halogens is 2. The van der Waals surface area contributed by atoms with Crippen molar-refractivity contribution in [3.05, 3.63) is 0 Å². The number of nitrogens with one attached hydrogen (secondary N) is 1. The van der Waals surface area contributed by atoms with Gasteiger partial charge in [0.15, 0.2) is 0 Å². The molecule has 104 valence electrons. The Morgan fingerprint density at radius 3 is 2.35 bits per heavy atom. The molecule has 0 saturated heterocycles. The first-order valence-electron chi connectivity index (χ1n) is 4.63. The quantitative estimate of drug-likeness (QED) is 0.462. The molecule has 0 bridgehead atoms. The zero-order chi connectivity index (χ0) is 11.8. The lowest BCUT2D eigenvalue weighted by Gasteiger charge is -2.12. The van der Waals surface area contributed by atoms with Gasteiger partial charge >= 0.3 is 11.9 Å². The summed E-state index contributed by atoms with van der Waals surface area (Å²) in [5.74, 6) is -1.80. The van der Waals surface area contributed by atoms with Gasteiger partial charge < -0.3 is 21.4 Å². The highest BCUT2D eigenvalue weighted by atomic mass is 35.5. The highest BCUT2D eigenvalue weighted by molar-refractivity contribution is 5.85. The Labute approximate surface area is 112 Å². The number of hydrogen-bond donors (Lipinski definition) is 4. The van der Waals surface area contributed by atoms with Crippen molar-refractivity contribution < 1.29 is 19.5 Å². The fourth-order valence-corrected chi connectivity index (χ4v) is 0.728. The number of nitrogens with two attached hydrogens (primary N) is 2. The first-order chi connectivity index (χ1) is 6.99. The summed E-state index contributed by atoms with van der Waals surface area (Å²) in [6.07, 6.45) is 1.03. The van der Waals surface area contributed by atoms with Crippen molar-refractivity contribution in [2.45, 2.75) is 31.8 Å². The van der Waals surface area contributed by atoms with Crippen molar-refractivity contribution in [1.82, 2.24) is 5.48 Å². The fourth-order valence-electron chi connectivity index (χ4n) is 0.728. The van der Waals surface area contributed by atoms with Gasteiger partial charge in [0.05, 0.1) is 0 Å². The summed E-state index contributed by atoms with van der Waals surface area (Å²) >= 11 is 0. The van der Waals surface area contributed by atoms with Crippen LogP contribution in [0.3, 0.4) is 0 Å². The average Bonchev–Trinajstić information content (AvgIpc) is 2.21. The predicted octanol–water partition coefficient (Wildman–Crippen LogP) is -0.583. The Morgan fingerprint density at radius 1 is 1.41 bits per heavy atom. The molecule has 0 aliphatic heterocycles. The number of carboxylic acid groups (broad SMARTS) is 1. The molecule has 0 aliphatic rings. The number of hydrogen-bond acceptors (Lipinski definition) is 6. The summed E-state index contributed by atoms with van der Waals surface area (Å²) in [6.45, 7) is 1.79. The lowest BCUT2D eigenvalue weighted by Crippen LogP contribution is -2.41. The Morgan fingerprint density at radius 2 is 1.94 bits per heavy atom. The molecule has 0 spiro atoms. The van der Waals surface area contributed by atoms with Crippen LogP contribution in [0.2, 0.25) is 0 Å². The van der Waals surface area contributed by atoms with Gasteiger partial charge in [0.25, 0.3) is 0 Å². The van der Waals surface area contributed by atoms with Crippen LogP contribution in [0.1, 0.15) is 19.8 Å². The van der Waals surface area contributed by atoms with Crippen LogP contribution >= 0.6 is 24.8 Å². The highest BCUT2D eigenvalue weighted by Gasteiger charge is 2.17. The highest BCUT2D eigenvalue weighted by Crippen LogP contribution is 1.95. The van der Waals surface area contributed by atoms with Gasteiger partial charge in [0.1, 0.15) is 12.1 Å². The van der Waals surface area contributed by atoms with E-state index < -0.39 is 24.0 Å². The van der Waals surface area contributed by atoms with E-state index in [2.05, 4.69) is 10.3 Å². The van der Waals surface area contributed by atoms with E-state index in [9.17, 15) is 9.59 Å². The second kappa shape index (κ2) is 11.9. The molecule has 0 rings (SSSR count). The Balaban J connectivity index is -0.000000980. The minimum absolute atomic E-state index is 0. The third-order valence-electron chi connectivity index (χ3n) is 1.73. The van der Waals surface area contributed by atoms with Crippen molar-refractivity contribution in [3.63, 3.8) is 0 Å². The number of rotatable bonds is 7. The van der Waals surface area contributed by atoms with Gasteiger partial charge in [-0.05, 0) is 26.3 Å². The van der Waals surface area contributed by atoms with Crippen LogP contribution in [0.5, 0.6) is 0 Å².